The molecule has 10 N–H and O–H groups in total. The number of amides is 8. The van der Waals surface area contributed by atoms with E-state index in [0.717, 1.165) is 0 Å². The van der Waals surface area contributed by atoms with E-state index in [4.69, 9.17) is 5.73 Å². The van der Waals surface area contributed by atoms with Crippen LogP contribution in [0.1, 0.15) is 70.3 Å². The van der Waals surface area contributed by atoms with Crippen LogP contribution in [-0.4, -0.2) is 142 Å². The van der Waals surface area contributed by atoms with Crippen LogP contribution < -0.4 is 37.8 Å². The average Bonchev–Trinajstić information content (AvgIpc) is 3.86. The maximum atomic E-state index is 14.1. The van der Waals surface area contributed by atoms with Crippen molar-refractivity contribution in [2.24, 2.45) is 5.73 Å². The maximum Gasteiger partial charge on any atom is 0.488 e. The van der Waals surface area contributed by atoms with Crippen molar-refractivity contribution in [1.29, 1.82) is 0 Å². The molecule has 0 aliphatic carbocycles. The Bertz CT molecular complexity index is 1580. The molecule has 7 atom stereocenters. The van der Waals surface area contributed by atoms with E-state index >= 15 is 0 Å². The number of aliphatic hydroxyl groups excluding tert-OH is 1. The van der Waals surface area contributed by atoms with Crippen LogP contribution in [0.4, 0.5) is 0 Å². The fourth-order valence-corrected chi connectivity index (χ4v) is 7.20. The van der Waals surface area contributed by atoms with Crippen molar-refractivity contribution in [1.82, 2.24) is 36.4 Å². The molecule has 55 heavy (non-hydrogen) atoms. The van der Waals surface area contributed by atoms with Gasteiger partial charge >= 0.3 is 7.12 Å². The van der Waals surface area contributed by atoms with E-state index in [2.05, 4.69) is 26.6 Å². The summed E-state index contributed by atoms with van der Waals surface area (Å²) in [5.74, 6) is -4.90. The molecule has 1 aromatic carbocycles. The molecule has 0 bridgehead atoms. The highest BCUT2D eigenvalue weighted by Gasteiger charge is 2.42. The highest BCUT2D eigenvalue weighted by atomic mass is 16.4. The van der Waals surface area contributed by atoms with Gasteiger partial charge in [0.15, 0.2) is 0 Å². The lowest BCUT2D eigenvalue weighted by atomic mass is 9.80. The van der Waals surface area contributed by atoms with Crippen molar-refractivity contribution in [3.05, 3.63) is 29.8 Å². The van der Waals surface area contributed by atoms with Crippen molar-refractivity contribution >= 4 is 60.3 Å². The number of primary amides is 1. The van der Waals surface area contributed by atoms with E-state index in [0.29, 0.717) is 31.2 Å². The molecule has 19 nitrogen and oxygen atoms in total. The normalized spacial score (nSPS) is 26.7. The Morgan fingerprint density at radius 1 is 0.873 bits per heavy atom. The maximum absolute atomic E-state index is 14.1. The van der Waals surface area contributed by atoms with E-state index in [-0.39, 0.29) is 70.0 Å². The number of nitrogens with one attached hydrogen (secondary N) is 5. The van der Waals surface area contributed by atoms with Gasteiger partial charge < -0.3 is 57.3 Å². The molecule has 0 radical (unpaired) electrons. The molecule has 1 aromatic rings. The van der Waals surface area contributed by atoms with Crippen LogP contribution in [0.5, 0.6) is 0 Å². The summed E-state index contributed by atoms with van der Waals surface area (Å²) in [7, 11) is -1.74. The van der Waals surface area contributed by atoms with Crippen LogP contribution in [-0.2, 0) is 44.8 Å². The lowest BCUT2D eigenvalue weighted by molar-refractivity contribution is -0.144. The highest BCUT2D eigenvalue weighted by molar-refractivity contribution is 6.58. The SMILES string of the molecule is CCC1NC(=O)C(NC=O)CCCNC(=O)C2CCCN2C(=O)C(CCC(N)=O)NC(=O)C(C(O)Cc2ccc(B(O)O)cc2)NC(=O)C2CCCN2C1=O. The minimum Gasteiger partial charge on any atom is -0.423 e. The van der Waals surface area contributed by atoms with E-state index in [1.807, 2.05) is 0 Å². The standard InChI is InChI=1S/C35H51BN8O11/c1-2-22-34(52)44-17-5-8-26(44)32(50)42-29(27(46)18-20-9-11-21(12-10-20)36(54)55)33(51)41-24(13-14-28(37)47)35(53)43-16-4-7-25(43)31(49)38-15-3-6-23(39-19-45)30(48)40-22/h9-12,19,22-27,29,46,54-55H,2-8,13-18H2,1H3,(H2,37,47)(H,38,49)(H,39,45)(H,40,48)(H,41,51)(H,42,50). The molecule has 0 saturated carbocycles. The van der Waals surface area contributed by atoms with Crippen LogP contribution in [0.25, 0.3) is 0 Å². The predicted molar refractivity (Wildman–Crippen MR) is 195 cm³/mol. The number of rotatable bonds is 10. The summed E-state index contributed by atoms with van der Waals surface area (Å²) in [4.78, 5) is 108. The van der Waals surface area contributed by atoms with Gasteiger partial charge in [0.25, 0.3) is 0 Å². The van der Waals surface area contributed by atoms with Crippen LogP contribution in [0.2, 0.25) is 0 Å². The monoisotopic (exact) mass is 770 g/mol. The Balaban J connectivity index is 1.70. The largest absolute Gasteiger partial charge is 0.488 e. The average molecular weight is 771 g/mol. The van der Waals surface area contributed by atoms with Gasteiger partial charge in [0, 0.05) is 32.5 Å². The number of hydrogen-bond acceptors (Lipinski definition) is 11. The van der Waals surface area contributed by atoms with Crippen LogP contribution in [0, 0.1) is 0 Å². The zero-order valence-corrected chi connectivity index (χ0v) is 30.8. The van der Waals surface area contributed by atoms with Gasteiger partial charge in [0.2, 0.25) is 47.8 Å². The van der Waals surface area contributed by atoms with E-state index < -0.39 is 90.8 Å². The summed E-state index contributed by atoms with van der Waals surface area (Å²) < 4.78 is 0. The van der Waals surface area contributed by atoms with Crippen molar-refractivity contribution in [3.63, 3.8) is 0 Å². The Morgan fingerprint density at radius 3 is 2.05 bits per heavy atom. The number of nitrogens with zero attached hydrogens (tertiary/aromatic N) is 2. The van der Waals surface area contributed by atoms with Crippen LogP contribution >= 0.6 is 0 Å². The topological polar surface area (TPSA) is 290 Å². The second-order valence-electron chi connectivity index (χ2n) is 14.1. The molecular formula is C35H51BN8O11. The fourth-order valence-electron chi connectivity index (χ4n) is 7.20. The summed E-state index contributed by atoms with van der Waals surface area (Å²) in [5.41, 5.74) is 6.03. The van der Waals surface area contributed by atoms with Crippen molar-refractivity contribution in [2.45, 2.75) is 113 Å². The number of hydrogen-bond donors (Lipinski definition) is 9. The van der Waals surface area contributed by atoms with Gasteiger partial charge in [-0.15, -0.1) is 0 Å². The molecular weight excluding hydrogens is 719 g/mol. The number of fused-ring (bicyclic) bond motifs is 2. The third kappa shape index (κ3) is 11.2. The molecule has 3 saturated heterocycles. The first-order valence-electron chi connectivity index (χ1n) is 18.7. The van der Waals surface area contributed by atoms with Gasteiger partial charge in [-0.1, -0.05) is 31.2 Å². The third-order valence-corrected chi connectivity index (χ3v) is 10.2. The fraction of sp³-hybridized carbons (Fsp3) is 0.600. The summed E-state index contributed by atoms with van der Waals surface area (Å²) >= 11 is 0. The minimum absolute atomic E-state index is 0.0891. The highest BCUT2D eigenvalue weighted by Crippen LogP contribution is 2.22. The van der Waals surface area contributed by atoms with Gasteiger partial charge in [-0.2, -0.15) is 0 Å². The molecule has 300 valence electrons. The summed E-state index contributed by atoms with van der Waals surface area (Å²) in [6.07, 6.45) is -0.161. The zero-order chi connectivity index (χ0) is 40.2. The van der Waals surface area contributed by atoms with Crippen molar-refractivity contribution in [2.75, 3.05) is 19.6 Å². The number of aliphatic hydroxyl groups is 1. The van der Waals surface area contributed by atoms with E-state index in [9.17, 15) is 53.5 Å². The van der Waals surface area contributed by atoms with E-state index in [1.165, 1.54) is 34.1 Å². The first-order valence-corrected chi connectivity index (χ1v) is 18.7. The lowest BCUT2D eigenvalue weighted by Gasteiger charge is -2.32. The molecule has 3 heterocycles. The van der Waals surface area contributed by atoms with Gasteiger partial charge in [0.05, 0.1) is 6.10 Å². The molecule has 3 aliphatic heterocycles. The molecule has 4 rings (SSSR count). The Labute approximate surface area is 318 Å². The molecule has 20 heteroatoms. The van der Waals surface area contributed by atoms with Gasteiger partial charge in [-0.05, 0) is 62.4 Å². The Kier molecular flexibility index (Phi) is 15.5. The van der Waals surface area contributed by atoms with Crippen molar-refractivity contribution < 1.29 is 53.5 Å². The Hall–Kier alpha value is -5.08. The first kappa shape index (κ1) is 42.7. The summed E-state index contributed by atoms with van der Waals surface area (Å²) in [5, 5.41) is 43.5. The number of carbonyl (C=O) groups is 8. The first-order chi connectivity index (χ1) is 26.2. The Morgan fingerprint density at radius 2 is 1.47 bits per heavy atom. The quantitative estimate of drug-likeness (QED) is 0.0806. The summed E-state index contributed by atoms with van der Waals surface area (Å²) in [6, 6.07) is -1.42. The number of carbonyl (C=O) groups excluding carboxylic acids is 8. The smallest absolute Gasteiger partial charge is 0.423 e. The molecule has 3 aliphatic rings. The molecule has 3 fully saturated rings. The van der Waals surface area contributed by atoms with E-state index in [1.54, 1.807) is 6.92 Å². The van der Waals surface area contributed by atoms with Gasteiger partial charge in [-0.3, -0.25) is 38.4 Å². The molecule has 0 aromatic heterocycles. The lowest BCUT2D eigenvalue weighted by Crippen LogP contribution is -2.61. The van der Waals surface area contributed by atoms with Crippen LogP contribution in [0.15, 0.2) is 24.3 Å². The minimum atomic E-state index is -1.74. The third-order valence-electron chi connectivity index (χ3n) is 10.2. The molecule has 0 spiro atoms. The van der Waals surface area contributed by atoms with Gasteiger partial charge in [0.1, 0.15) is 36.3 Å². The number of benzene rings is 1. The predicted octanol–water partition coefficient (Wildman–Crippen LogP) is -4.59. The zero-order valence-electron chi connectivity index (χ0n) is 30.8. The van der Waals surface area contributed by atoms with Crippen molar-refractivity contribution in [3.8, 4) is 0 Å². The number of nitrogens with two attached hydrogens (primary N) is 1. The molecule has 7 unspecified atom stereocenters. The van der Waals surface area contributed by atoms with Gasteiger partial charge in [-0.25, -0.2) is 0 Å². The summed E-state index contributed by atoms with van der Waals surface area (Å²) in [6.45, 7) is 2.07. The van der Waals surface area contributed by atoms with Crippen LogP contribution in [0.3, 0.4) is 0 Å². The second-order valence-corrected chi connectivity index (χ2v) is 14.1. The second kappa shape index (κ2) is 20.0. The molecule has 8 amide bonds.